The summed E-state index contributed by atoms with van der Waals surface area (Å²) >= 11 is 0. The summed E-state index contributed by atoms with van der Waals surface area (Å²) in [5.74, 6) is -0.312. The number of carbonyl (C=O) groups is 2. The fourth-order valence-corrected chi connectivity index (χ4v) is 2.71. The van der Waals surface area contributed by atoms with Gasteiger partial charge in [-0.3, -0.25) is 4.79 Å². The molecule has 1 fully saturated rings. The first kappa shape index (κ1) is 14.8. The number of imide groups is 1. The van der Waals surface area contributed by atoms with Crippen LogP contribution < -0.4 is 10.2 Å². The highest BCUT2D eigenvalue weighted by Gasteiger charge is 2.40. The Bertz CT molecular complexity index is 834. The zero-order valence-electron chi connectivity index (χ0n) is 12.8. The standard InChI is InChI=1S/C18H15N3O2/c1-11-4-3-5-15(12(11)2)16-17(22)21(18(23)20-16)14-8-6-13(10-19)7-9-14/h3-9,16H,1-2H3,(H,20,23). The lowest BCUT2D eigenvalue weighted by atomic mass is 9.97. The molecular weight excluding hydrogens is 290 g/mol. The second-order valence-electron chi connectivity index (χ2n) is 5.50. The fourth-order valence-electron chi connectivity index (χ4n) is 2.71. The lowest BCUT2D eigenvalue weighted by Gasteiger charge is -2.15. The van der Waals surface area contributed by atoms with Crippen LogP contribution in [0.25, 0.3) is 0 Å². The highest BCUT2D eigenvalue weighted by Crippen LogP contribution is 2.29. The quantitative estimate of drug-likeness (QED) is 0.867. The predicted octanol–water partition coefficient (Wildman–Crippen LogP) is 2.97. The Morgan fingerprint density at radius 2 is 1.78 bits per heavy atom. The van der Waals surface area contributed by atoms with Gasteiger partial charge in [0.1, 0.15) is 6.04 Å². The van der Waals surface area contributed by atoms with Gasteiger partial charge in [0.15, 0.2) is 0 Å². The third-order valence-electron chi connectivity index (χ3n) is 4.15. The third-order valence-corrected chi connectivity index (χ3v) is 4.15. The van der Waals surface area contributed by atoms with Crippen LogP contribution in [0.3, 0.4) is 0 Å². The molecule has 3 amide bonds. The maximum atomic E-state index is 12.7. The van der Waals surface area contributed by atoms with Crippen LogP contribution in [-0.2, 0) is 4.79 Å². The van der Waals surface area contributed by atoms with Crippen molar-refractivity contribution in [3.05, 3.63) is 64.7 Å². The maximum absolute atomic E-state index is 12.7. The minimum absolute atomic E-state index is 0.312. The normalized spacial score (nSPS) is 17.1. The Labute approximate surface area is 134 Å². The van der Waals surface area contributed by atoms with Crippen molar-refractivity contribution in [2.24, 2.45) is 0 Å². The summed E-state index contributed by atoms with van der Waals surface area (Å²) in [4.78, 5) is 26.1. The zero-order valence-corrected chi connectivity index (χ0v) is 12.8. The Morgan fingerprint density at radius 1 is 1.09 bits per heavy atom. The largest absolute Gasteiger partial charge is 0.329 e. The summed E-state index contributed by atoms with van der Waals surface area (Å²) in [7, 11) is 0. The van der Waals surface area contributed by atoms with E-state index in [4.69, 9.17) is 5.26 Å². The topological polar surface area (TPSA) is 73.2 Å². The Morgan fingerprint density at radius 3 is 2.43 bits per heavy atom. The van der Waals surface area contributed by atoms with Gasteiger partial charge in [-0.05, 0) is 54.8 Å². The SMILES string of the molecule is Cc1cccc(C2NC(=O)N(c3ccc(C#N)cc3)C2=O)c1C. The number of nitrogens with one attached hydrogen (secondary N) is 1. The van der Waals surface area contributed by atoms with E-state index in [0.29, 0.717) is 11.3 Å². The lowest BCUT2D eigenvalue weighted by molar-refractivity contribution is -0.118. The van der Waals surface area contributed by atoms with Crippen LogP contribution in [0.2, 0.25) is 0 Å². The predicted molar refractivity (Wildman–Crippen MR) is 85.8 cm³/mol. The Hall–Kier alpha value is -3.13. The van der Waals surface area contributed by atoms with Crippen molar-refractivity contribution in [2.45, 2.75) is 19.9 Å². The summed E-state index contributed by atoms with van der Waals surface area (Å²) in [5, 5.41) is 11.6. The van der Waals surface area contributed by atoms with E-state index in [1.807, 2.05) is 38.1 Å². The highest BCUT2D eigenvalue weighted by molar-refractivity contribution is 6.21. The number of hydrogen-bond donors (Lipinski definition) is 1. The number of urea groups is 1. The zero-order chi connectivity index (χ0) is 16.6. The van der Waals surface area contributed by atoms with Gasteiger partial charge in [-0.2, -0.15) is 5.26 Å². The Kier molecular flexibility index (Phi) is 3.59. The molecule has 0 saturated carbocycles. The van der Waals surface area contributed by atoms with E-state index in [-0.39, 0.29) is 5.91 Å². The summed E-state index contributed by atoms with van der Waals surface area (Å²) in [6, 6.07) is 12.9. The molecule has 5 heteroatoms. The molecular formula is C18H15N3O2. The first-order chi connectivity index (χ1) is 11.0. The van der Waals surface area contributed by atoms with Crippen LogP contribution >= 0.6 is 0 Å². The first-order valence-corrected chi connectivity index (χ1v) is 7.23. The average Bonchev–Trinajstić information content (AvgIpc) is 2.85. The summed E-state index contributed by atoms with van der Waals surface area (Å²) in [6.07, 6.45) is 0. The van der Waals surface area contributed by atoms with Crippen LogP contribution in [0.4, 0.5) is 10.5 Å². The molecule has 114 valence electrons. The van der Waals surface area contributed by atoms with Crippen LogP contribution in [0.1, 0.15) is 28.3 Å². The number of benzene rings is 2. The van der Waals surface area contributed by atoms with E-state index < -0.39 is 12.1 Å². The van der Waals surface area contributed by atoms with Crippen LogP contribution in [0.15, 0.2) is 42.5 Å². The molecule has 1 saturated heterocycles. The number of anilines is 1. The van der Waals surface area contributed by atoms with Crippen molar-refractivity contribution in [2.75, 3.05) is 4.90 Å². The van der Waals surface area contributed by atoms with Crippen LogP contribution in [0.5, 0.6) is 0 Å². The molecule has 1 N–H and O–H groups in total. The van der Waals surface area contributed by atoms with Gasteiger partial charge < -0.3 is 5.32 Å². The van der Waals surface area contributed by atoms with Gasteiger partial charge in [0.05, 0.1) is 17.3 Å². The summed E-state index contributed by atoms with van der Waals surface area (Å²) < 4.78 is 0. The van der Waals surface area contributed by atoms with Crippen molar-refractivity contribution in [1.82, 2.24) is 5.32 Å². The highest BCUT2D eigenvalue weighted by atomic mass is 16.2. The molecule has 0 aromatic heterocycles. The molecule has 3 rings (SSSR count). The molecule has 1 aliphatic heterocycles. The number of rotatable bonds is 2. The molecule has 5 nitrogen and oxygen atoms in total. The second-order valence-corrected chi connectivity index (χ2v) is 5.50. The molecule has 0 radical (unpaired) electrons. The van der Waals surface area contributed by atoms with Gasteiger partial charge in [-0.25, -0.2) is 9.69 Å². The number of nitrogens with zero attached hydrogens (tertiary/aromatic N) is 2. The van der Waals surface area contributed by atoms with Crippen molar-refractivity contribution in [3.8, 4) is 6.07 Å². The van der Waals surface area contributed by atoms with E-state index in [9.17, 15) is 9.59 Å². The van der Waals surface area contributed by atoms with E-state index in [1.54, 1.807) is 24.3 Å². The lowest BCUT2D eigenvalue weighted by Crippen LogP contribution is -2.30. The monoisotopic (exact) mass is 305 g/mol. The molecule has 2 aromatic carbocycles. The summed E-state index contributed by atoms with van der Waals surface area (Å²) in [5.41, 5.74) is 3.81. The van der Waals surface area contributed by atoms with E-state index in [1.165, 1.54) is 0 Å². The van der Waals surface area contributed by atoms with E-state index in [2.05, 4.69) is 5.32 Å². The molecule has 1 atom stereocenters. The second kappa shape index (κ2) is 5.58. The van der Waals surface area contributed by atoms with Gasteiger partial charge in [0.2, 0.25) is 0 Å². The van der Waals surface area contributed by atoms with E-state index >= 15 is 0 Å². The maximum Gasteiger partial charge on any atom is 0.329 e. The van der Waals surface area contributed by atoms with Gasteiger partial charge in [-0.1, -0.05) is 18.2 Å². The molecule has 2 aromatic rings. The smallest absolute Gasteiger partial charge is 0.321 e. The first-order valence-electron chi connectivity index (χ1n) is 7.23. The van der Waals surface area contributed by atoms with Gasteiger partial charge in [-0.15, -0.1) is 0 Å². The van der Waals surface area contributed by atoms with E-state index in [0.717, 1.165) is 21.6 Å². The van der Waals surface area contributed by atoms with Crippen molar-refractivity contribution in [1.29, 1.82) is 5.26 Å². The van der Waals surface area contributed by atoms with Crippen molar-refractivity contribution >= 4 is 17.6 Å². The Balaban J connectivity index is 1.96. The number of nitriles is 1. The molecule has 23 heavy (non-hydrogen) atoms. The number of hydrogen-bond acceptors (Lipinski definition) is 3. The molecule has 1 heterocycles. The van der Waals surface area contributed by atoms with Crippen LogP contribution in [-0.4, -0.2) is 11.9 Å². The third kappa shape index (κ3) is 2.44. The molecule has 0 aliphatic carbocycles. The van der Waals surface area contributed by atoms with Crippen LogP contribution in [0, 0.1) is 25.2 Å². The van der Waals surface area contributed by atoms with Crippen molar-refractivity contribution in [3.63, 3.8) is 0 Å². The van der Waals surface area contributed by atoms with Gasteiger partial charge in [0.25, 0.3) is 5.91 Å². The molecule has 0 bridgehead atoms. The van der Waals surface area contributed by atoms with Gasteiger partial charge in [0, 0.05) is 0 Å². The molecule has 1 aliphatic rings. The van der Waals surface area contributed by atoms with Crippen molar-refractivity contribution < 1.29 is 9.59 Å². The van der Waals surface area contributed by atoms with Gasteiger partial charge >= 0.3 is 6.03 Å². The molecule has 0 spiro atoms. The minimum atomic E-state index is -0.682. The number of amides is 3. The molecule has 1 unspecified atom stereocenters. The minimum Gasteiger partial charge on any atom is -0.321 e. The fraction of sp³-hybridized carbons (Fsp3) is 0.167. The number of aryl methyl sites for hydroxylation is 1. The average molecular weight is 305 g/mol. The number of carbonyl (C=O) groups excluding carboxylic acids is 2. The summed E-state index contributed by atoms with van der Waals surface area (Å²) in [6.45, 7) is 3.91.